The molecule has 6 nitrogen and oxygen atoms in total. The van der Waals surface area contributed by atoms with Crippen LogP contribution in [0.15, 0.2) is 24.4 Å². The molecule has 1 aliphatic rings. The Bertz CT molecular complexity index is 525. The number of piperidine rings is 1. The van der Waals surface area contributed by atoms with Crippen LogP contribution in [0.3, 0.4) is 0 Å². The van der Waals surface area contributed by atoms with Gasteiger partial charge < -0.3 is 10.6 Å². The van der Waals surface area contributed by atoms with E-state index in [1.807, 2.05) is 38.2 Å². The van der Waals surface area contributed by atoms with Gasteiger partial charge >= 0.3 is 11.8 Å². The smallest absolute Gasteiger partial charge is 0.309 e. The fourth-order valence-corrected chi connectivity index (χ4v) is 2.76. The summed E-state index contributed by atoms with van der Waals surface area (Å²) in [4.78, 5) is 30.1. The topological polar surface area (TPSA) is 74.3 Å². The quantitative estimate of drug-likeness (QED) is 0.767. The van der Waals surface area contributed by atoms with Crippen LogP contribution in [0.5, 0.6) is 0 Å². The zero-order chi connectivity index (χ0) is 17.4. The van der Waals surface area contributed by atoms with E-state index in [2.05, 4.69) is 20.5 Å². The van der Waals surface area contributed by atoms with Crippen molar-refractivity contribution in [2.45, 2.75) is 33.2 Å². The third-order valence-corrected chi connectivity index (χ3v) is 4.25. The average molecular weight is 332 g/mol. The number of hydrogen-bond donors (Lipinski definition) is 2. The maximum absolute atomic E-state index is 11.8. The summed E-state index contributed by atoms with van der Waals surface area (Å²) in [6, 6.07) is 5.98. The summed E-state index contributed by atoms with van der Waals surface area (Å²) >= 11 is 0. The minimum absolute atomic E-state index is 0.338. The molecule has 2 rings (SSSR count). The summed E-state index contributed by atoms with van der Waals surface area (Å²) in [5.41, 5.74) is 1.09. The highest BCUT2D eigenvalue weighted by Crippen LogP contribution is 2.17. The van der Waals surface area contributed by atoms with Crippen molar-refractivity contribution in [2.75, 3.05) is 26.2 Å². The number of nitrogens with one attached hydrogen (secondary N) is 2. The lowest BCUT2D eigenvalue weighted by Crippen LogP contribution is -2.44. The van der Waals surface area contributed by atoms with Crippen LogP contribution in [0, 0.1) is 11.8 Å². The van der Waals surface area contributed by atoms with Crippen LogP contribution in [0.4, 0.5) is 0 Å². The van der Waals surface area contributed by atoms with Crippen LogP contribution in [0.1, 0.15) is 32.4 Å². The molecule has 1 aliphatic heterocycles. The van der Waals surface area contributed by atoms with E-state index in [1.54, 1.807) is 0 Å². The molecular formula is C18H28N4O2. The van der Waals surface area contributed by atoms with Gasteiger partial charge in [-0.1, -0.05) is 19.9 Å². The van der Waals surface area contributed by atoms with Crippen molar-refractivity contribution in [3.63, 3.8) is 0 Å². The van der Waals surface area contributed by atoms with Crippen LogP contribution < -0.4 is 10.6 Å². The van der Waals surface area contributed by atoms with Gasteiger partial charge in [-0.05, 0) is 49.9 Å². The van der Waals surface area contributed by atoms with Crippen LogP contribution in [-0.4, -0.2) is 47.9 Å². The SMILES string of the molecule is CC(C)CNC(=O)C(=O)NCC1CCN(Cc2ccccn2)CC1. The van der Waals surface area contributed by atoms with Gasteiger partial charge in [0.1, 0.15) is 0 Å². The van der Waals surface area contributed by atoms with Gasteiger partial charge in [-0.3, -0.25) is 19.5 Å². The number of carbonyl (C=O) groups excluding carboxylic acids is 2. The molecule has 2 amide bonds. The second kappa shape index (κ2) is 9.37. The molecule has 6 heteroatoms. The highest BCUT2D eigenvalue weighted by atomic mass is 16.2. The first-order valence-electron chi connectivity index (χ1n) is 8.73. The van der Waals surface area contributed by atoms with Gasteiger partial charge in [0.25, 0.3) is 0 Å². The molecule has 0 saturated carbocycles. The molecule has 1 saturated heterocycles. The number of likely N-dealkylation sites (tertiary alicyclic amines) is 1. The number of rotatable bonds is 6. The standard InChI is InChI=1S/C18H28N4O2/c1-14(2)11-20-17(23)18(24)21-12-15-6-9-22(10-7-15)13-16-5-3-4-8-19-16/h3-5,8,14-15H,6-7,9-13H2,1-2H3,(H,20,23)(H,21,24). The summed E-state index contributed by atoms with van der Waals surface area (Å²) in [5.74, 6) is -0.278. The third kappa shape index (κ3) is 6.28. The van der Waals surface area contributed by atoms with Crippen LogP contribution in [-0.2, 0) is 16.1 Å². The molecule has 0 radical (unpaired) electrons. The van der Waals surface area contributed by atoms with Crippen LogP contribution in [0.25, 0.3) is 0 Å². The first kappa shape index (κ1) is 18.4. The Kier molecular flexibility index (Phi) is 7.18. The molecule has 0 unspecified atom stereocenters. The summed E-state index contributed by atoms with van der Waals surface area (Å²) in [7, 11) is 0. The normalized spacial score (nSPS) is 16.1. The summed E-state index contributed by atoms with van der Waals surface area (Å²) in [5, 5.41) is 5.40. The Morgan fingerprint density at radius 3 is 2.54 bits per heavy atom. The highest BCUT2D eigenvalue weighted by molar-refractivity contribution is 6.35. The first-order chi connectivity index (χ1) is 11.5. The molecule has 0 aliphatic carbocycles. The van der Waals surface area contributed by atoms with E-state index in [0.29, 0.717) is 24.9 Å². The summed E-state index contributed by atoms with van der Waals surface area (Å²) in [6.45, 7) is 7.96. The second-order valence-electron chi connectivity index (χ2n) is 6.85. The third-order valence-electron chi connectivity index (χ3n) is 4.25. The number of hydrogen-bond acceptors (Lipinski definition) is 4. The Morgan fingerprint density at radius 2 is 1.92 bits per heavy atom. The minimum atomic E-state index is -0.531. The zero-order valence-corrected chi connectivity index (χ0v) is 14.6. The van der Waals surface area contributed by atoms with Crippen molar-refractivity contribution in [2.24, 2.45) is 11.8 Å². The molecule has 0 aromatic carbocycles. The number of aromatic nitrogens is 1. The molecular weight excluding hydrogens is 304 g/mol. The molecule has 2 N–H and O–H groups in total. The molecule has 0 spiro atoms. The van der Waals surface area contributed by atoms with Gasteiger partial charge in [-0.25, -0.2) is 0 Å². The van der Waals surface area contributed by atoms with Crippen molar-refractivity contribution < 1.29 is 9.59 Å². The molecule has 24 heavy (non-hydrogen) atoms. The number of nitrogens with zero attached hydrogens (tertiary/aromatic N) is 2. The Morgan fingerprint density at radius 1 is 1.21 bits per heavy atom. The number of pyridine rings is 1. The van der Waals surface area contributed by atoms with Crippen molar-refractivity contribution in [3.8, 4) is 0 Å². The largest absolute Gasteiger partial charge is 0.348 e. The van der Waals surface area contributed by atoms with Crippen LogP contribution >= 0.6 is 0 Å². The van der Waals surface area contributed by atoms with Crippen molar-refractivity contribution in [1.82, 2.24) is 20.5 Å². The zero-order valence-electron chi connectivity index (χ0n) is 14.6. The Balaban J connectivity index is 1.64. The van der Waals surface area contributed by atoms with E-state index in [0.717, 1.165) is 38.2 Å². The molecule has 2 heterocycles. The highest BCUT2D eigenvalue weighted by Gasteiger charge is 2.21. The molecule has 0 atom stereocenters. The fourth-order valence-electron chi connectivity index (χ4n) is 2.76. The lowest BCUT2D eigenvalue weighted by Gasteiger charge is -2.31. The van der Waals surface area contributed by atoms with Crippen molar-refractivity contribution in [1.29, 1.82) is 0 Å². The molecule has 132 valence electrons. The maximum atomic E-state index is 11.8. The molecule has 1 aromatic heterocycles. The average Bonchev–Trinajstić information content (AvgIpc) is 2.59. The van der Waals surface area contributed by atoms with Crippen molar-refractivity contribution >= 4 is 11.8 Å². The summed E-state index contributed by atoms with van der Waals surface area (Å²) in [6.07, 6.45) is 3.88. The van der Waals surface area contributed by atoms with Crippen molar-refractivity contribution in [3.05, 3.63) is 30.1 Å². The lowest BCUT2D eigenvalue weighted by molar-refractivity contribution is -0.139. The predicted molar refractivity (Wildman–Crippen MR) is 93.1 cm³/mol. The molecule has 1 aromatic rings. The summed E-state index contributed by atoms with van der Waals surface area (Å²) < 4.78 is 0. The van der Waals surface area contributed by atoms with Gasteiger partial charge in [0, 0.05) is 25.8 Å². The Labute approximate surface area is 144 Å². The maximum Gasteiger partial charge on any atom is 0.309 e. The van der Waals surface area contributed by atoms with E-state index in [1.165, 1.54) is 0 Å². The van der Waals surface area contributed by atoms with Gasteiger partial charge in [0.15, 0.2) is 0 Å². The minimum Gasteiger partial charge on any atom is -0.348 e. The predicted octanol–water partition coefficient (Wildman–Crippen LogP) is 1.18. The van der Waals surface area contributed by atoms with Gasteiger partial charge in [0.05, 0.1) is 5.69 Å². The fraction of sp³-hybridized carbons (Fsp3) is 0.611. The second-order valence-corrected chi connectivity index (χ2v) is 6.85. The van der Waals surface area contributed by atoms with E-state index in [9.17, 15) is 9.59 Å². The van der Waals surface area contributed by atoms with Gasteiger partial charge in [-0.2, -0.15) is 0 Å². The first-order valence-corrected chi connectivity index (χ1v) is 8.73. The van der Waals surface area contributed by atoms with Gasteiger partial charge in [0.2, 0.25) is 0 Å². The van der Waals surface area contributed by atoms with E-state index >= 15 is 0 Å². The van der Waals surface area contributed by atoms with E-state index < -0.39 is 11.8 Å². The van der Waals surface area contributed by atoms with Crippen LogP contribution in [0.2, 0.25) is 0 Å². The monoisotopic (exact) mass is 332 g/mol. The van der Waals surface area contributed by atoms with Gasteiger partial charge in [-0.15, -0.1) is 0 Å². The number of carbonyl (C=O) groups is 2. The number of amides is 2. The Hall–Kier alpha value is -1.95. The van der Waals surface area contributed by atoms with E-state index in [-0.39, 0.29) is 0 Å². The molecule has 0 bridgehead atoms. The molecule has 1 fully saturated rings. The van der Waals surface area contributed by atoms with E-state index in [4.69, 9.17) is 0 Å². The lowest BCUT2D eigenvalue weighted by atomic mass is 9.96.